The Labute approximate surface area is 88.0 Å². The molecule has 0 fully saturated rings. The van der Waals surface area contributed by atoms with E-state index < -0.39 is 0 Å². The van der Waals surface area contributed by atoms with Gasteiger partial charge in [-0.25, -0.2) is 0 Å². The first-order valence-electron chi connectivity index (χ1n) is 4.50. The van der Waals surface area contributed by atoms with E-state index >= 15 is 0 Å². The minimum Gasteiger partial charge on any atom is -0.496 e. The molecule has 14 heavy (non-hydrogen) atoms. The molecule has 1 heterocycles. The highest BCUT2D eigenvalue weighted by Gasteiger charge is 2.07. The lowest BCUT2D eigenvalue weighted by Gasteiger charge is -2.06. The lowest BCUT2D eigenvalue weighted by molar-refractivity contribution is 0.416. The Hall–Kier alpha value is -1.28. The molecule has 1 aromatic heterocycles. The Kier molecular flexibility index (Phi) is 2.55. The zero-order valence-electron chi connectivity index (χ0n) is 8.28. The van der Waals surface area contributed by atoms with Gasteiger partial charge in [0.1, 0.15) is 5.75 Å². The Morgan fingerprint density at radius 2 is 1.93 bits per heavy atom. The van der Waals surface area contributed by atoms with Crippen molar-refractivity contribution in [1.82, 2.24) is 0 Å². The van der Waals surface area contributed by atoms with Crippen molar-refractivity contribution in [2.24, 2.45) is 0 Å². The van der Waals surface area contributed by atoms with Crippen LogP contribution in [-0.2, 0) is 0 Å². The molecule has 2 rings (SSSR count). The van der Waals surface area contributed by atoms with Gasteiger partial charge < -0.3 is 4.74 Å². The molecule has 0 N–H and O–H groups in total. The van der Waals surface area contributed by atoms with E-state index in [1.165, 1.54) is 16.0 Å². The van der Waals surface area contributed by atoms with E-state index in [2.05, 4.69) is 24.4 Å². The van der Waals surface area contributed by atoms with Gasteiger partial charge >= 0.3 is 0 Å². The zero-order chi connectivity index (χ0) is 9.97. The fourth-order valence-corrected chi connectivity index (χ4v) is 2.44. The van der Waals surface area contributed by atoms with Gasteiger partial charge in [-0.2, -0.15) is 0 Å². The number of ether oxygens (including phenoxy) is 1. The molecule has 0 aliphatic carbocycles. The fraction of sp³-hybridized carbons (Fsp3) is 0.167. The number of hydrogen-bond acceptors (Lipinski definition) is 2. The number of thiophene rings is 1. The molecule has 0 saturated heterocycles. The summed E-state index contributed by atoms with van der Waals surface area (Å²) in [4.78, 5) is 1.29. The van der Waals surface area contributed by atoms with Gasteiger partial charge in [0.2, 0.25) is 0 Å². The second-order valence-corrected chi connectivity index (χ2v) is 4.05. The summed E-state index contributed by atoms with van der Waals surface area (Å²) in [5.74, 6) is 0.943. The molecule has 1 aromatic carbocycles. The van der Waals surface area contributed by atoms with Crippen molar-refractivity contribution in [3.8, 4) is 16.2 Å². The topological polar surface area (TPSA) is 9.23 Å². The maximum absolute atomic E-state index is 5.33. The van der Waals surface area contributed by atoms with Gasteiger partial charge in [0.25, 0.3) is 0 Å². The van der Waals surface area contributed by atoms with E-state index in [9.17, 15) is 0 Å². The average molecular weight is 204 g/mol. The smallest absolute Gasteiger partial charge is 0.127 e. The first kappa shape index (κ1) is 9.28. The van der Waals surface area contributed by atoms with E-state index in [0.29, 0.717) is 0 Å². The van der Waals surface area contributed by atoms with Crippen molar-refractivity contribution < 1.29 is 4.74 Å². The van der Waals surface area contributed by atoms with Crippen LogP contribution >= 0.6 is 11.3 Å². The monoisotopic (exact) mass is 204 g/mol. The molecule has 2 aromatic rings. The van der Waals surface area contributed by atoms with Crippen LogP contribution in [0.1, 0.15) is 5.56 Å². The first-order valence-corrected chi connectivity index (χ1v) is 5.38. The van der Waals surface area contributed by atoms with Gasteiger partial charge in [-0.05, 0) is 36.1 Å². The van der Waals surface area contributed by atoms with Gasteiger partial charge in [0.05, 0.1) is 7.11 Å². The number of hydrogen-bond donors (Lipinski definition) is 0. The summed E-state index contributed by atoms with van der Waals surface area (Å²) in [5.41, 5.74) is 2.49. The van der Waals surface area contributed by atoms with Crippen LogP contribution in [0.2, 0.25) is 0 Å². The van der Waals surface area contributed by atoms with E-state index in [0.717, 1.165) is 5.75 Å². The predicted molar refractivity (Wildman–Crippen MR) is 61.0 cm³/mol. The highest BCUT2D eigenvalue weighted by molar-refractivity contribution is 7.13. The predicted octanol–water partition coefficient (Wildman–Crippen LogP) is 3.73. The third kappa shape index (κ3) is 1.53. The van der Waals surface area contributed by atoms with Crippen molar-refractivity contribution in [2.75, 3.05) is 7.11 Å². The first-order chi connectivity index (χ1) is 6.83. The van der Waals surface area contributed by atoms with Crippen LogP contribution in [0.3, 0.4) is 0 Å². The highest BCUT2D eigenvalue weighted by atomic mass is 32.1. The summed E-state index contributed by atoms with van der Waals surface area (Å²) in [7, 11) is 1.71. The van der Waals surface area contributed by atoms with Gasteiger partial charge in [-0.1, -0.05) is 12.1 Å². The second kappa shape index (κ2) is 3.84. The van der Waals surface area contributed by atoms with E-state index in [-0.39, 0.29) is 0 Å². The van der Waals surface area contributed by atoms with Crippen LogP contribution in [0, 0.1) is 6.92 Å². The second-order valence-electron chi connectivity index (χ2n) is 3.13. The standard InChI is InChI=1S/C12H12OS/c1-9-7-8-14-12(9)10-5-3-4-6-11(10)13-2/h3-8H,1-2H3. The maximum atomic E-state index is 5.33. The van der Waals surface area contributed by atoms with Gasteiger partial charge in [-0.15, -0.1) is 11.3 Å². The van der Waals surface area contributed by atoms with Crippen molar-refractivity contribution in [3.05, 3.63) is 41.3 Å². The summed E-state index contributed by atoms with van der Waals surface area (Å²) in [6, 6.07) is 10.3. The molecule has 0 amide bonds. The van der Waals surface area contributed by atoms with Gasteiger partial charge in [0, 0.05) is 10.4 Å². The van der Waals surface area contributed by atoms with Gasteiger partial charge in [-0.3, -0.25) is 0 Å². The summed E-state index contributed by atoms with van der Waals surface area (Å²) in [5, 5.41) is 2.11. The summed E-state index contributed by atoms with van der Waals surface area (Å²) >= 11 is 1.75. The van der Waals surface area contributed by atoms with Gasteiger partial charge in [0.15, 0.2) is 0 Å². The number of rotatable bonds is 2. The van der Waals surface area contributed by atoms with E-state index in [1.807, 2.05) is 18.2 Å². The van der Waals surface area contributed by atoms with Crippen molar-refractivity contribution in [2.45, 2.75) is 6.92 Å². The zero-order valence-corrected chi connectivity index (χ0v) is 9.10. The summed E-state index contributed by atoms with van der Waals surface area (Å²) < 4.78 is 5.33. The Morgan fingerprint density at radius 1 is 1.14 bits per heavy atom. The molecule has 0 aliphatic rings. The fourth-order valence-electron chi connectivity index (χ4n) is 1.48. The molecule has 0 radical (unpaired) electrons. The minimum absolute atomic E-state index is 0.943. The molecular weight excluding hydrogens is 192 g/mol. The lowest BCUT2D eigenvalue weighted by atomic mass is 10.1. The molecule has 0 atom stereocenters. The Balaban J connectivity index is 2.56. The molecular formula is C12H12OS. The SMILES string of the molecule is COc1ccccc1-c1sccc1C. The number of methoxy groups -OCH3 is 1. The number of aryl methyl sites for hydroxylation is 1. The third-order valence-electron chi connectivity index (χ3n) is 2.21. The van der Waals surface area contributed by atoms with Crippen LogP contribution in [-0.4, -0.2) is 7.11 Å². The van der Waals surface area contributed by atoms with Crippen LogP contribution in [0.4, 0.5) is 0 Å². The lowest BCUT2D eigenvalue weighted by Crippen LogP contribution is -1.86. The number of benzene rings is 1. The van der Waals surface area contributed by atoms with E-state index in [1.54, 1.807) is 18.4 Å². The molecule has 2 heteroatoms. The molecule has 0 saturated carbocycles. The molecule has 1 nitrogen and oxygen atoms in total. The largest absolute Gasteiger partial charge is 0.496 e. The van der Waals surface area contributed by atoms with Crippen LogP contribution in [0.5, 0.6) is 5.75 Å². The summed E-state index contributed by atoms with van der Waals surface area (Å²) in [6.45, 7) is 2.12. The van der Waals surface area contributed by atoms with Crippen molar-refractivity contribution in [3.63, 3.8) is 0 Å². The third-order valence-corrected chi connectivity index (χ3v) is 3.26. The van der Waals surface area contributed by atoms with Crippen LogP contribution in [0.15, 0.2) is 35.7 Å². The molecule has 72 valence electrons. The molecule has 0 unspecified atom stereocenters. The van der Waals surface area contributed by atoms with Crippen molar-refractivity contribution >= 4 is 11.3 Å². The molecule has 0 bridgehead atoms. The molecule has 0 spiro atoms. The average Bonchev–Trinajstić information content (AvgIpc) is 2.64. The van der Waals surface area contributed by atoms with Crippen LogP contribution in [0.25, 0.3) is 10.4 Å². The Bertz CT molecular complexity index is 431. The quantitative estimate of drug-likeness (QED) is 0.724. The van der Waals surface area contributed by atoms with Crippen LogP contribution < -0.4 is 4.74 Å². The number of para-hydroxylation sites is 1. The van der Waals surface area contributed by atoms with Crippen molar-refractivity contribution in [1.29, 1.82) is 0 Å². The minimum atomic E-state index is 0.943. The van der Waals surface area contributed by atoms with E-state index in [4.69, 9.17) is 4.74 Å². The Morgan fingerprint density at radius 3 is 2.57 bits per heavy atom. The normalized spacial score (nSPS) is 10.1. The molecule has 0 aliphatic heterocycles. The maximum Gasteiger partial charge on any atom is 0.127 e. The summed E-state index contributed by atoms with van der Waals surface area (Å²) in [6.07, 6.45) is 0. The highest BCUT2D eigenvalue weighted by Crippen LogP contribution is 2.35.